The maximum Gasteiger partial charge on any atom is 0.300 e. The summed E-state index contributed by atoms with van der Waals surface area (Å²) in [5.74, 6) is -1.54. The lowest BCUT2D eigenvalue weighted by molar-refractivity contribution is -0.132. The van der Waals surface area contributed by atoms with E-state index in [4.69, 9.17) is 4.74 Å². The maximum absolute atomic E-state index is 13.2. The average Bonchev–Trinajstić information content (AvgIpc) is 3.04. The van der Waals surface area contributed by atoms with Crippen LogP contribution in [-0.4, -0.2) is 28.0 Å². The normalized spacial score (nSPS) is 17.6. The van der Waals surface area contributed by atoms with Gasteiger partial charge in [-0.15, -0.1) is 0 Å². The molecule has 2 N–H and O–H groups in total. The minimum atomic E-state index is -0.909. The maximum atomic E-state index is 13.2. The van der Waals surface area contributed by atoms with Crippen LogP contribution >= 0.6 is 0 Å². The number of aromatic hydroxyl groups is 1. The van der Waals surface area contributed by atoms with Crippen LogP contribution in [0, 0.1) is 6.92 Å². The molecule has 1 unspecified atom stereocenters. The van der Waals surface area contributed by atoms with Crippen LogP contribution < -0.4 is 9.64 Å². The minimum absolute atomic E-state index is 0.0458. The van der Waals surface area contributed by atoms with Crippen LogP contribution in [0.2, 0.25) is 0 Å². The molecule has 3 aromatic rings. The number of carbonyl (C=O) groups is 2. The molecule has 1 atom stereocenters. The van der Waals surface area contributed by atoms with Crippen molar-refractivity contribution in [2.24, 2.45) is 0 Å². The van der Waals surface area contributed by atoms with Gasteiger partial charge < -0.3 is 14.9 Å². The Kier molecular flexibility index (Phi) is 5.92. The van der Waals surface area contributed by atoms with Crippen LogP contribution in [-0.2, 0) is 9.59 Å². The lowest BCUT2D eigenvalue weighted by atomic mass is 9.94. The van der Waals surface area contributed by atoms with Crippen LogP contribution in [0.15, 0.2) is 78.4 Å². The number of nitrogens with zero attached hydrogens (tertiary/aromatic N) is 1. The van der Waals surface area contributed by atoms with Crippen molar-refractivity contribution in [1.82, 2.24) is 0 Å². The van der Waals surface area contributed by atoms with E-state index in [1.807, 2.05) is 39.0 Å². The Balaban J connectivity index is 1.93. The van der Waals surface area contributed by atoms with Gasteiger partial charge in [-0.25, -0.2) is 0 Å². The van der Waals surface area contributed by atoms with Crippen molar-refractivity contribution in [3.05, 3.63) is 95.1 Å². The molecule has 168 valence electrons. The molecule has 0 radical (unpaired) electrons. The van der Waals surface area contributed by atoms with Crippen LogP contribution in [0.3, 0.4) is 0 Å². The van der Waals surface area contributed by atoms with E-state index >= 15 is 0 Å². The summed E-state index contributed by atoms with van der Waals surface area (Å²) in [5, 5.41) is 21.7. The smallest absolute Gasteiger partial charge is 0.300 e. The van der Waals surface area contributed by atoms with Crippen molar-refractivity contribution < 1.29 is 24.5 Å². The number of aliphatic hydroxyl groups excluding tert-OH is 1. The van der Waals surface area contributed by atoms with E-state index in [-0.39, 0.29) is 28.9 Å². The number of hydrogen-bond acceptors (Lipinski definition) is 5. The number of hydrogen-bond donors (Lipinski definition) is 2. The Labute approximate surface area is 192 Å². The second-order valence-corrected chi connectivity index (χ2v) is 8.27. The summed E-state index contributed by atoms with van der Waals surface area (Å²) in [4.78, 5) is 27.6. The number of aliphatic hydroxyl groups is 1. The number of anilines is 1. The summed E-state index contributed by atoms with van der Waals surface area (Å²) >= 11 is 0. The van der Waals surface area contributed by atoms with E-state index in [2.05, 4.69) is 0 Å². The predicted octanol–water partition coefficient (Wildman–Crippen LogP) is 5.11. The number of rotatable bonds is 5. The fourth-order valence-electron chi connectivity index (χ4n) is 4.05. The van der Waals surface area contributed by atoms with Gasteiger partial charge in [0.1, 0.15) is 17.3 Å². The van der Waals surface area contributed by atoms with E-state index in [1.165, 1.54) is 11.0 Å². The molecule has 1 fully saturated rings. The first-order valence-corrected chi connectivity index (χ1v) is 10.7. The fourth-order valence-corrected chi connectivity index (χ4v) is 4.05. The number of amides is 1. The molecule has 1 amide bonds. The van der Waals surface area contributed by atoms with Crippen LogP contribution in [0.1, 0.15) is 36.6 Å². The molecule has 4 rings (SSSR count). The second-order valence-electron chi connectivity index (χ2n) is 8.27. The molecule has 0 bridgehead atoms. The molecule has 6 heteroatoms. The van der Waals surface area contributed by atoms with E-state index in [0.717, 1.165) is 5.56 Å². The van der Waals surface area contributed by atoms with Gasteiger partial charge in [0.05, 0.1) is 23.4 Å². The molecule has 3 aromatic carbocycles. The molecule has 1 aliphatic rings. The highest BCUT2D eigenvalue weighted by molar-refractivity contribution is 6.51. The number of para-hydroxylation sites is 2. The van der Waals surface area contributed by atoms with Gasteiger partial charge in [-0.1, -0.05) is 54.1 Å². The van der Waals surface area contributed by atoms with Crippen molar-refractivity contribution in [1.29, 1.82) is 0 Å². The molecular formula is C27H25NO5. The zero-order valence-corrected chi connectivity index (χ0v) is 18.6. The number of benzene rings is 3. The van der Waals surface area contributed by atoms with Crippen molar-refractivity contribution in [3.63, 3.8) is 0 Å². The van der Waals surface area contributed by atoms with Gasteiger partial charge >= 0.3 is 0 Å². The summed E-state index contributed by atoms with van der Waals surface area (Å²) in [6.07, 6.45) is -0.0682. The standard InChI is InChI=1S/C27H25NO5/c1-16(2)33-20-11-7-10-19(15-20)25(30)23-24(18-9-6-8-17(3)14-18)28(27(32)26(23)31)21-12-4-5-13-22(21)29/h4-16,24,29-30H,1-3H3/b25-23-. The van der Waals surface area contributed by atoms with Gasteiger partial charge in [0.25, 0.3) is 11.7 Å². The molecule has 0 aliphatic carbocycles. The largest absolute Gasteiger partial charge is 0.507 e. The van der Waals surface area contributed by atoms with Crippen molar-refractivity contribution >= 4 is 23.1 Å². The van der Waals surface area contributed by atoms with Crippen molar-refractivity contribution in [2.45, 2.75) is 32.9 Å². The molecular weight excluding hydrogens is 418 g/mol. The van der Waals surface area contributed by atoms with Gasteiger partial charge in [0.15, 0.2) is 0 Å². The lowest BCUT2D eigenvalue weighted by Crippen LogP contribution is -2.29. The average molecular weight is 443 g/mol. The zero-order chi connectivity index (χ0) is 23.7. The van der Waals surface area contributed by atoms with E-state index in [9.17, 15) is 19.8 Å². The number of aryl methyl sites for hydroxylation is 1. The number of ether oxygens (including phenoxy) is 1. The van der Waals surface area contributed by atoms with E-state index in [1.54, 1.807) is 48.5 Å². The van der Waals surface area contributed by atoms with E-state index in [0.29, 0.717) is 16.9 Å². The molecule has 6 nitrogen and oxygen atoms in total. The lowest BCUT2D eigenvalue weighted by Gasteiger charge is -2.26. The zero-order valence-electron chi connectivity index (χ0n) is 18.6. The Morgan fingerprint density at radius 1 is 0.970 bits per heavy atom. The molecule has 0 saturated carbocycles. The van der Waals surface area contributed by atoms with Gasteiger partial charge in [0.2, 0.25) is 0 Å². The first-order valence-electron chi connectivity index (χ1n) is 10.7. The number of ketones is 1. The molecule has 33 heavy (non-hydrogen) atoms. The minimum Gasteiger partial charge on any atom is -0.507 e. The molecule has 1 heterocycles. The fraction of sp³-hybridized carbons (Fsp3) is 0.185. The third kappa shape index (κ3) is 4.20. The second kappa shape index (κ2) is 8.82. The summed E-state index contributed by atoms with van der Waals surface area (Å²) in [6, 6.07) is 19.6. The van der Waals surface area contributed by atoms with Crippen molar-refractivity contribution in [2.75, 3.05) is 4.90 Å². The van der Waals surface area contributed by atoms with Gasteiger partial charge in [-0.05, 0) is 50.6 Å². The predicted molar refractivity (Wildman–Crippen MR) is 126 cm³/mol. The number of carbonyl (C=O) groups excluding carboxylic acids is 2. The molecule has 0 aromatic heterocycles. The number of phenolic OH excluding ortho intramolecular Hbond substituents is 1. The highest BCUT2D eigenvalue weighted by Gasteiger charge is 2.47. The van der Waals surface area contributed by atoms with Gasteiger partial charge in [-0.3, -0.25) is 14.5 Å². The molecule has 1 saturated heterocycles. The van der Waals surface area contributed by atoms with E-state index < -0.39 is 17.7 Å². The topological polar surface area (TPSA) is 87.1 Å². The summed E-state index contributed by atoms with van der Waals surface area (Å²) < 4.78 is 5.72. The highest BCUT2D eigenvalue weighted by Crippen LogP contribution is 2.44. The monoisotopic (exact) mass is 443 g/mol. The van der Waals surface area contributed by atoms with Gasteiger partial charge in [-0.2, -0.15) is 0 Å². The third-order valence-corrected chi connectivity index (χ3v) is 5.42. The Morgan fingerprint density at radius 3 is 2.39 bits per heavy atom. The first kappa shape index (κ1) is 22.1. The van der Waals surface area contributed by atoms with Gasteiger partial charge in [0, 0.05) is 5.56 Å². The SMILES string of the molecule is Cc1cccc(C2/C(=C(/O)c3cccc(OC(C)C)c3)C(=O)C(=O)N2c2ccccc2O)c1. The Morgan fingerprint density at radius 2 is 1.70 bits per heavy atom. The number of phenols is 1. The Hall–Kier alpha value is -4.06. The molecule has 0 spiro atoms. The summed E-state index contributed by atoms with van der Waals surface area (Å²) in [6.45, 7) is 5.69. The van der Waals surface area contributed by atoms with Crippen LogP contribution in [0.5, 0.6) is 11.5 Å². The van der Waals surface area contributed by atoms with Crippen molar-refractivity contribution in [3.8, 4) is 11.5 Å². The summed E-state index contributed by atoms with van der Waals surface area (Å²) in [7, 11) is 0. The van der Waals surface area contributed by atoms with Crippen LogP contribution in [0.25, 0.3) is 5.76 Å². The molecule has 1 aliphatic heterocycles. The highest BCUT2D eigenvalue weighted by atomic mass is 16.5. The first-order chi connectivity index (χ1) is 15.8. The number of Topliss-reactive ketones (excluding diaryl/α,β-unsaturated/α-hetero) is 1. The quantitative estimate of drug-likeness (QED) is 0.325. The van der Waals surface area contributed by atoms with Crippen LogP contribution in [0.4, 0.5) is 5.69 Å². The summed E-state index contributed by atoms with van der Waals surface area (Å²) in [5.41, 5.74) is 2.09. The third-order valence-electron chi connectivity index (χ3n) is 5.42. The Bertz CT molecular complexity index is 1260.